The number of carboxylic acids is 1. The average molecular weight is 262 g/mol. The third-order valence-electron chi connectivity index (χ3n) is 3.59. The lowest BCUT2D eigenvalue weighted by Gasteiger charge is -2.18. The molecule has 1 saturated carbocycles. The van der Waals surface area contributed by atoms with Crippen molar-refractivity contribution in [1.29, 1.82) is 0 Å². The third-order valence-corrected chi connectivity index (χ3v) is 3.59. The largest absolute Gasteiger partial charge is 0.480 e. The fraction of sp³-hybridized carbons (Fsp3) is 0.500. The van der Waals surface area contributed by atoms with Crippen molar-refractivity contribution in [2.45, 2.75) is 38.6 Å². The summed E-state index contributed by atoms with van der Waals surface area (Å²) in [7, 11) is 0. The zero-order valence-electron chi connectivity index (χ0n) is 10.9. The van der Waals surface area contributed by atoms with E-state index in [0.29, 0.717) is 12.8 Å². The van der Waals surface area contributed by atoms with Crippen molar-refractivity contribution in [3.8, 4) is 0 Å². The second-order valence-corrected chi connectivity index (χ2v) is 5.05. The van der Waals surface area contributed by atoms with Gasteiger partial charge in [-0.3, -0.25) is 9.78 Å². The molecule has 1 atom stereocenters. The van der Waals surface area contributed by atoms with Crippen LogP contribution in [0.5, 0.6) is 0 Å². The first-order chi connectivity index (χ1) is 9.07. The van der Waals surface area contributed by atoms with E-state index in [1.807, 2.05) is 18.2 Å². The van der Waals surface area contributed by atoms with E-state index < -0.39 is 17.4 Å². The summed E-state index contributed by atoms with van der Waals surface area (Å²) in [6.07, 6.45) is 4.27. The van der Waals surface area contributed by atoms with Crippen LogP contribution >= 0.6 is 0 Å². The number of hydrogen-bond donors (Lipinski definition) is 2. The van der Waals surface area contributed by atoms with Crippen molar-refractivity contribution in [1.82, 2.24) is 10.3 Å². The van der Waals surface area contributed by atoms with Crippen molar-refractivity contribution in [3.63, 3.8) is 0 Å². The predicted molar refractivity (Wildman–Crippen MR) is 69.5 cm³/mol. The van der Waals surface area contributed by atoms with Gasteiger partial charge in [0.25, 0.3) is 0 Å². The van der Waals surface area contributed by atoms with Gasteiger partial charge in [-0.25, -0.2) is 4.79 Å². The quantitative estimate of drug-likeness (QED) is 0.811. The Labute approximate surface area is 112 Å². The highest BCUT2D eigenvalue weighted by Crippen LogP contribution is 2.48. The van der Waals surface area contributed by atoms with Gasteiger partial charge < -0.3 is 10.4 Å². The van der Waals surface area contributed by atoms with E-state index in [4.69, 9.17) is 5.11 Å². The number of rotatable bonds is 6. The van der Waals surface area contributed by atoms with Gasteiger partial charge in [-0.05, 0) is 31.4 Å². The van der Waals surface area contributed by atoms with Crippen LogP contribution in [0.25, 0.3) is 0 Å². The molecule has 0 aliphatic heterocycles. The van der Waals surface area contributed by atoms with Crippen LogP contribution in [0.15, 0.2) is 24.4 Å². The number of aliphatic carboxylic acids is 1. The van der Waals surface area contributed by atoms with Crippen molar-refractivity contribution in [2.24, 2.45) is 5.41 Å². The topological polar surface area (TPSA) is 79.3 Å². The molecule has 2 rings (SSSR count). The van der Waals surface area contributed by atoms with Crippen LogP contribution < -0.4 is 5.32 Å². The molecule has 1 aliphatic rings. The smallest absolute Gasteiger partial charge is 0.326 e. The third kappa shape index (κ3) is 3.10. The van der Waals surface area contributed by atoms with Crippen molar-refractivity contribution < 1.29 is 14.7 Å². The highest BCUT2D eigenvalue weighted by molar-refractivity contribution is 5.89. The molecule has 1 aromatic rings. The lowest BCUT2D eigenvalue weighted by Crippen LogP contribution is -2.44. The Balaban J connectivity index is 2.00. The van der Waals surface area contributed by atoms with Crippen molar-refractivity contribution in [3.05, 3.63) is 30.1 Å². The van der Waals surface area contributed by atoms with Gasteiger partial charge in [0.2, 0.25) is 5.91 Å². The Morgan fingerprint density at radius 3 is 2.68 bits per heavy atom. The number of aromatic nitrogens is 1. The molecular formula is C14H18N2O3. The summed E-state index contributed by atoms with van der Waals surface area (Å²) < 4.78 is 0. The molecule has 2 N–H and O–H groups in total. The molecule has 0 bridgehead atoms. The first-order valence-corrected chi connectivity index (χ1v) is 6.51. The second kappa shape index (κ2) is 5.38. The first-order valence-electron chi connectivity index (χ1n) is 6.51. The molecule has 1 aromatic heterocycles. The molecule has 1 aliphatic carbocycles. The van der Waals surface area contributed by atoms with Crippen molar-refractivity contribution >= 4 is 11.9 Å². The Kier molecular flexibility index (Phi) is 3.83. The number of hydrogen-bond acceptors (Lipinski definition) is 3. The molecule has 1 amide bonds. The summed E-state index contributed by atoms with van der Waals surface area (Å²) in [5.41, 5.74) is 0.426. The second-order valence-electron chi connectivity index (χ2n) is 5.05. The summed E-state index contributed by atoms with van der Waals surface area (Å²) in [6.45, 7) is 1.75. The molecule has 5 heteroatoms. The molecule has 102 valence electrons. The lowest BCUT2D eigenvalue weighted by atomic mass is 9.98. The summed E-state index contributed by atoms with van der Waals surface area (Å²) in [4.78, 5) is 27.4. The van der Waals surface area contributed by atoms with E-state index in [-0.39, 0.29) is 5.91 Å². The lowest BCUT2D eigenvalue weighted by molar-refractivity contribution is -0.142. The number of nitrogens with one attached hydrogen (secondary N) is 1. The number of amides is 1. The minimum atomic E-state index is -0.982. The average Bonchev–Trinajstić information content (AvgIpc) is 3.17. The van der Waals surface area contributed by atoms with E-state index in [9.17, 15) is 9.59 Å². The molecule has 1 heterocycles. The van der Waals surface area contributed by atoms with Gasteiger partial charge in [0.1, 0.15) is 6.04 Å². The van der Waals surface area contributed by atoms with Crippen LogP contribution in [0.1, 0.15) is 31.9 Å². The Hall–Kier alpha value is -1.91. The molecule has 19 heavy (non-hydrogen) atoms. The molecule has 5 nitrogen and oxygen atoms in total. The van der Waals surface area contributed by atoms with Crippen molar-refractivity contribution in [2.75, 3.05) is 0 Å². The molecule has 0 radical (unpaired) electrons. The number of carbonyl (C=O) groups excluding carboxylic acids is 1. The van der Waals surface area contributed by atoms with E-state index in [2.05, 4.69) is 10.3 Å². The van der Waals surface area contributed by atoms with Gasteiger partial charge in [-0.15, -0.1) is 0 Å². The van der Waals surface area contributed by atoms with Gasteiger partial charge in [0.05, 0.1) is 5.41 Å². The molecule has 0 aromatic carbocycles. The first kappa shape index (κ1) is 13.5. The van der Waals surface area contributed by atoms with Gasteiger partial charge in [0.15, 0.2) is 0 Å². The van der Waals surface area contributed by atoms with E-state index in [0.717, 1.165) is 18.5 Å². The van der Waals surface area contributed by atoms with Gasteiger partial charge >= 0.3 is 5.97 Å². The fourth-order valence-electron chi connectivity index (χ4n) is 2.13. The minimum absolute atomic E-state index is 0.160. The normalized spacial score (nSPS) is 17.5. The Bertz CT molecular complexity index is 469. The van der Waals surface area contributed by atoms with Gasteiger partial charge in [-0.1, -0.05) is 13.0 Å². The summed E-state index contributed by atoms with van der Waals surface area (Å²) in [5.74, 6) is -1.14. The van der Waals surface area contributed by atoms with Gasteiger partial charge in [0, 0.05) is 18.3 Å². The zero-order chi connectivity index (χ0) is 13.9. The maximum atomic E-state index is 12.2. The minimum Gasteiger partial charge on any atom is -0.480 e. The van der Waals surface area contributed by atoms with Crippen LogP contribution in [0.2, 0.25) is 0 Å². The fourth-order valence-corrected chi connectivity index (χ4v) is 2.13. The van der Waals surface area contributed by atoms with E-state index in [1.54, 1.807) is 13.1 Å². The molecule has 0 saturated heterocycles. The molecule has 1 unspecified atom stereocenters. The number of carbonyl (C=O) groups is 2. The number of carboxylic acid groups (broad SMARTS) is 1. The van der Waals surface area contributed by atoms with Crippen LogP contribution in [0.3, 0.4) is 0 Å². The summed E-state index contributed by atoms with van der Waals surface area (Å²) >= 11 is 0. The number of pyridine rings is 1. The predicted octanol–water partition coefficient (Wildman–Crippen LogP) is 1.38. The highest BCUT2D eigenvalue weighted by atomic mass is 16.4. The SMILES string of the molecule is CCC(NC(=O)C1(Cc2ccccn2)CC1)C(=O)O. The van der Waals surface area contributed by atoms with Crippen LogP contribution in [-0.2, 0) is 16.0 Å². The molecule has 0 spiro atoms. The zero-order valence-corrected chi connectivity index (χ0v) is 10.9. The van der Waals surface area contributed by atoms with Crippen LogP contribution in [0.4, 0.5) is 0 Å². The molecule has 1 fully saturated rings. The summed E-state index contributed by atoms with van der Waals surface area (Å²) in [6, 6.07) is 4.82. The summed E-state index contributed by atoms with van der Waals surface area (Å²) in [5, 5.41) is 11.6. The Morgan fingerprint density at radius 1 is 1.47 bits per heavy atom. The number of nitrogens with zero attached hydrogens (tertiary/aromatic N) is 1. The highest BCUT2D eigenvalue weighted by Gasteiger charge is 2.50. The Morgan fingerprint density at radius 2 is 2.21 bits per heavy atom. The van der Waals surface area contributed by atoms with E-state index in [1.165, 1.54) is 0 Å². The van der Waals surface area contributed by atoms with E-state index >= 15 is 0 Å². The maximum absolute atomic E-state index is 12.2. The van der Waals surface area contributed by atoms with Crippen LogP contribution in [0, 0.1) is 5.41 Å². The molecular weight excluding hydrogens is 244 g/mol. The maximum Gasteiger partial charge on any atom is 0.326 e. The van der Waals surface area contributed by atoms with Crippen LogP contribution in [-0.4, -0.2) is 28.0 Å². The monoisotopic (exact) mass is 262 g/mol. The standard InChI is InChI=1S/C14H18N2O3/c1-2-11(12(17)18)16-13(19)14(6-7-14)9-10-5-3-4-8-15-10/h3-5,8,11H,2,6-7,9H2,1H3,(H,16,19)(H,17,18). The van der Waals surface area contributed by atoms with Gasteiger partial charge in [-0.2, -0.15) is 0 Å².